The summed E-state index contributed by atoms with van der Waals surface area (Å²) in [5, 5.41) is 22.2. The van der Waals surface area contributed by atoms with Crippen molar-refractivity contribution >= 4 is 0 Å². The standard InChI is InChI=1S/C37H68O5/c1-5-9-13-16-19-22-25-29-40-35-32(28-12-8-4)33(38)34(39)36(41-30-26-23-20-17-14-10-6-2)37(35)42-31-27-24-21-18-15-11-7-3/h38-39H,5-31H2,1-4H3. The van der Waals surface area contributed by atoms with E-state index in [-0.39, 0.29) is 17.2 Å². The van der Waals surface area contributed by atoms with Gasteiger partial charge in [-0.15, -0.1) is 0 Å². The number of hydrogen-bond donors (Lipinski definition) is 2. The van der Waals surface area contributed by atoms with E-state index in [9.17, 15) is 10.2 Å². The summed E-state index contributed by atoms with van der Waals surface area (Å²) >= 11 is 0. The van der Waals surface area contributed by atoms with E-state index in [2.05, 4.69) is 27.7 Å². The lowest BCUT2D eigenvalue weighted by molar-refractivity contribution is 0.222. The second-order valence-electron chi connectivity index (χ2n) is 12.2. The Bertz CT molecular complexity index is 763. The van der Waals surface area contributed by atoms with Crippen molar-refractivity contribution in [1.82, 2.24) is 0 Å². The minimum absolute atomic E-state index is 0.115. The molecular weight excluding hydrogens is 524 g/mol. The number of ether oxygens (including phenoxy) is 3. The van der Waals surface area contributed by atoms with Gasteiger partial charge in [0.15, 0.2) is 11.5 Å². The molecule has 0 saturated heterocycles. The van der Waals surface area contributed by atoms with Crippen molar-refractivity contribution in [2.45, 2.75) is 182 Å². The minimum Gasteiger partial charge on any atom is -0.504 e. The molecule has 42 heavy (non-hydrogen) atoms. The van der Waals surface area contributed by atoms with E-state index in [0.717, 1.165) is 51.4 Å². The Labute approximate surface area is 260 Å². The fourth-order valence-electron chi connectivity index (χ4n) is 5.41. The summed E-state index contributed by atoms with van der Waals surface area (Å²) in [5.41, 5.74) is 0.648. The van der Waals surface area contributed by atoms with Gasteiger partial charge in [-0.25, -0.2) is 0 Å². The highest BCUT2D eigenvalue weighted by Gasteiger charge is 2.27. The lowest BCUT2D eigenvalue weighted by atomic mass is 10.0. The molecule has 1 rings (SSSR count). The van der Waals surface area contributed by atoms with Crippen molar-refractivity contribution in [3.63, 3.8) is 0 Å². The smallest absolute Gasteiger partial charge is 0.211 e. The first-order valence-corrected chi connectivity index (χ1v) is 18.1. The molecule has 0 heterocycles. The highest BCUT2D eigenvalue weighted by Crippen LogP contribution is 2.53. The molecule has 5 heteroatoms. The third-order valence-corrected chi connectivity index (χ3v) is 8.17. The molecule has 0 spiro atoms. The van der Waals surface area contributed by atoms with Gasteiger partial charge in [-0.2, -0.15) is 0 Å². The van der Waals surface area contributed by atoms with Crippen LogP contribution in [0.1, 0.15) is 181 Å². The maximum absolute atomic E-state index is 11.1. The molecule has 246 valence electrons. The van der Waals surface area contributed by atoms with Crippen LogP contribution in [-0.2, 0) is 6.42 Å². The van der Waals surface area contributed by atoms with E-state index < -0.39 is 0 Å². The fourth-order valence-corrected chi connectivity index (χ4v) is 5.41. The van der Waals surface area contributed by atoms with Crippen LogP contribution in [0.2, 0.25) is 0 Å². The van der Waals surface area contributed by atoms with E-state index >= 15 is 0 Å². The summed E-state index contributed by atoms with van der Waals surface area (Å²) in [4.78, 5) is 0. The fraction of sp³-hybridized carbons (Fsp3) is 0.838. The van der Waals surface area contributed by atoms with E-state index in [4.69, 9.17) is 14.2 Å². The van der Waals surface area contributed by atoms with Gasteiger partial charge in [-0.05, 0) is 32.1 Å². The van der Waals surface area contributed by atoms with Crippen LogP contribution in [-0.4, -0.2) is 30.0 Å². The zero-order chi connectivity index (χ0) is 30.7. The van der Waals surface area contributed by atoms with E-state index in [1.807, 2.05) is 0 Å². The molecule has 0 amide bonds. The van der Waals surface area contributed by atoms with Crippen LogP contribution in [0.3, 0.4) is 0 Å². The van der Waals surface area contributed by atoms with Gasteiger partial charge in [0.05, 0.1) is 19.8 Å². The molecule has 2 N–H and O–H groups in total. The topological polar surface area (TPSA) is 68.2 Å². The Hall–Kier alpha value is -1.78. The maximum Gasteiger partial charge on any atom is 0.211 e. The summed E-state index contributed by atoms with van der Waals surface area (Å²) < 4.78 is 18.9. The number of hydrogen-bond acceptors (Lipinski definition) is 5. The predicted molar refractivity (Wildman–Crippen MR) is 179 cm³/mol. The van der Waals surface area contributed by atoms with Gasteiger partial charge < -0.3 is 24.4 Å². The SMILES string of the molecule is CCCCCCCCCOc1c(O)c(O)c(CCCC)c(OCCCCCCCCC)c1OCCCCCCCCC. The van der Waals surface area contributed by atoms with Crippen LogP contribution >= 0.6 is 0 Å². The van der Waals surface area contributed by atoms with Crippen LogP contribution < -0.4 is 14.2 Å². The molecule has 5 nitrogen and oxygen atoms in total. The van der Waals surface area contributed by atoms with Crippen LogP contribution in [0.15, 0.2) is 0 Å². The Kier molecular flexibility index (Phi) is 24.4. The first-order chi connectivity index (χ1) is 20.6. The zero-order valence-corrected chi connectivity index (χ0v) is 28.2. The first-order valence-electron chi connectivity index (χ1n) is 18.1. The number of rotatable bonds is 30. The monoisotopic (exact) mass is 593 g/mol. The largest absolute Gasteiger partial charge is 0.504 e. The van der Waals surface area contributed by atoms with Crippen molar-refractivity contribution in [3.8, 4) is 28.7 Å². The summed E-state index contributed by atoms with van der Waals surface area (Å²) in [6.07, 6.45) is 27.8. The summed E-state index contributed by atoms with van der Waals surface area (Å²) in [6, 6.07) is 0. The summed E-state index contributed by atoms with van der Waals surface area (Å²) in [5.74, 6) is 0.976. The molecule has 0 radical (unpaired) electrons. The number of benzene rings is 1. The van der Waals surface area contributed by atoms with Gasteiger partial charge in [0.25, 0.3) is 0 Å². The molecule has 0 saturated carbocycles. The minimum atomic E-state index is -0.207. The second kappa shape index (κ2) is 26.8. The van der Waals surface area contributed by atoms with Gasteiger partial charge in [0, 0.05) is 5.56 Å². The maximum atomic E-state index is 11.1. The zero-order valence-electron chi connectivity index (χ0n) is 28.2. The third kappa shape index (κ3) is 16.8. The van der Waals surface area contributed by atoms with Gasteiger partial charge >= 0.3 is 0 Å². The average molecular weight is 593 g/mol. The predicted octanol–water partition coefficient (Wildman–Crippen LogP) is 11.8. The molecule has 0 aliphatic heterocycles. The number of unbranched alkanes of at least 4 members (excludes halogenated alkanes) is 19. The van der Waals surface area contributed by atoms with E-state index in [1.165, 1.54) is 96.3 Å². The number of phenolic OH excluding ortho intramolecular Hbond substituents is 2. The molecule has 0 aliphatic rings. The van der Waals surface area contributed by atoms with E-state index in [0.29, 0.717) is 43.3 Å². The van der Waals surface area contributed by atoms with Gasteiger partial charge in [0.1, 0.15) is 0 Å². The normalized spacial score (nSPS) is 11.2. The van der Waals surface area contributed by atoms with Crippen LogP contribution in [0.4, 0.5) is 0 Å². The molecule has 1 aromatic carbocycles. The van der Waals surface area contributed by atoms with Crippen molar-refractivity contribution in [2.24, 2.45) is 0 Å². The average Bonchev–Trinajstić information content (AvgIpc) is 2.99. The Balaban J connectivity index is 2.98. The number of phenols is 2. The number of aromatic hydroxyl groups is 2. The molecule has 0 aromatic heterocycles. The van der Waals surface area contributed by atoms with Crippen molar-refractivity contribution in [1.29, 1.82) is 0 Å². The van der Waals surface area contributed by atoms with Gasteiger partial charge in [-0.3, -0.25) is 0 Å². The first kappa shape index (κ1) is 38.2. The van der Waals surface area contributed by atoms with Gasteiger partial charge in [0.2, 0.25) is 17.2 Å². The van der Waals surface area contributed by atoms with Crippen LogP contribution in [0.25, 0.3) is 0 Å². The Morgan fingerprint density at radius 1 is 0.357 bits per heavy atom. The van der Waals surface area contributed by atoms with Crippen LogP contribution in [0.5, 0.6) is 28.7 Å². The van der Waals surface area contributed by atoms with Crippen molar-refractivity contribution in [2.75, 3.05) is 19.8 Å². The molecule has 1 aromatic rings. The lowest BCUT2D eigenvalue weighted by Crippen LogP contribution is -2.09. The summed E-state index contributed by atoms with van der Waals surface area (Å²) in [6.45, 7) is 10.5. The molecule has 0 atom stereocenters. The molecule has 0 unspecified atom stereocenters. The molecule has 0 aliphatic carbocycles. The highest BCUT2D eigenvalue weighted by atomic mass is 16.5. The molecule has 0 bridgehead atoms. The summed E-state index contributed by atoms with van der Waals surface area (Å²) in [7, 11) is 0. The Morgan fingerprint density at radius 2 is 0.690 bits per heavy atom. The quantitative estimate of drug-likeness (QED) is 0.0687. The highest BCUT2D eigenvalue weighted by molar-refractivity contribution is 5.69. The second-order valence-corrected chi connectivity index (χ2v) is 12.2. The lowest BCUT2D eigenvalue weighted by Gasteiger charge is -2.22. The van der Waals surface area contributed by atoms with Crippen molar-refractivity contribution < 1.29 is 24.4 Å². The van der Waals surface area contributed by atoms with E-state index in [1.54, 1.807) is 0 Å². The van der Waals surface area contributed by atoms with Crippen molar-refractivity contribution in [3.05, 3.63) is 5.56 Å². The molecular formula is C37H68O5. The Morgan fingerprint density at radius 3 is 1.10 bits per heavy atom. The van der Waals surface area contributed by atoms with Crippen LogP contribution in [0, 0.1) is 0 Å². The molecule has 0 fully saturated rings. The van der Waals surface area contributed by atoms with Gasteiger partial charge in [-0.1, -0.05) is 150 Å². The third-order valence-electron chi connectivity index (χ3n) is 8.17.